The van der Waals surface area contributed by atoms with E-state index in [1.54, 1.807) is 13.4 Å². The van der Waals surface area contributed by atoms with E-state index in [-0.39, 0.29) is 0 Å². The van der Waals surface area contributed by atoms with Gasteiger partial charge >= 0.3 is 0 Å². The Balaban J connectivity index is 1.64. The lowest BCUT2D eigenvalue weighted by atomic mass is 9.67. The van der Waals surface area contributed by atoms with Crippen LogP contribution in [0.2, 0.25) is 0 Å². The summed E-state index contributed by atoms with van der Waals surface area (Å²) in [5.41, 5.74) is 0.352. The van der Waals surface area contributed by atoms with Gasteiger partial charge in [0.05, 0.1) is 6.26 Å². The van der Waals surface area contributed by atoms with Crippen LogP contribution >= 0.6 is 0 Å². The molecule has 2 rings (SSSR count). The number of methoxy groups -OCH3 is 1. The number of ether oxygens (including phenoxy) is 2. The molecular weight excluding hydrogens is 318 g/mol. The number of hydrogen-bond acceptors (Lipinski definition) is 4. The summed E-state index contributed by atoms with van der Waals surface area (Å²) < 4.78 is 16.1. The molecule has 0 atom stereocenters. The molecule has 6 heteroatoms. The van der Waals surface area contributed by atoms with E-state index in [9.17, 15) is 0 Å². The van der Waals surface area contributed by atoms with Crippen LogP contribution < -0.4 is 10.6 Å². The maximum absolute atomic E-state index is 5.60. The molecular formula is C19H33N3O3. The maximum Gasteiger partial charge on any atom is 0.191 e. The van der Waals surface area contributed by atoms with Crippen molar-refractivity contribution in [1.82, 2.24) is 10.6 Å². The number of furan rings is 1. The molecule has 0 aromatic carbocycles. The van der Waals surface area contributed by atoms with Gasteiger partial charge in [0.25, 0.3) is 0 Å². The van der Waals surface area contributed by atoms with Gasteiger partial charge in [-0.2, -0.15) is 0 Å². The van der Waals surface area contributed by atoms with Crippen LogP contribution in [0.3, 0.4) is 0 Å². The fraction of sp³-hybridized carbons (Fsp3) is 0.737. The monoisotopic (exact) mass is 351 g/mol. The van der Waals surface area contributed by atoms with E-state index in [2.05, 4.69) is 17.6 Å². The number of rotatable bonds is 12. The van der Waals surface area contributed by atoms with Crippen LogP contribution in [0, 0.1) is 5.41 Å². The van der Waals surface area contributed by atoms with Crippen LogP contribution in [0.1, 0.15) is 44.8 Å². The zero-order valence-corrected chi connectivity index (χ0v) is 15.7. The molecule has 6 nitrogen and oxygen atoms in total. The van der Waals surface area contributed by atoms with Crippen molar-refractivity contribution in [2.45, 2.75) is 45.6 Å². The largest absolute Gasteiger partial charge is 0.467 e. The minimum atomic E-state index is 0.352. The van der Waals surface area contributed by atoms with Gasteiger partial charge in [0.15, 0.2) is 5.96 Å². The Morgan fingerprint density at radius 1 is 1.32 bits per heavy atom. The van der Waals surface area contributed by atoms with Gasteiger partial charge < -0.3 is 24.5 Å². The zero-order chi connectivity index (χ0) is 17.8. The molecule has 1 aromatic rings. The van der Waals surface area contributed by atoms with E-state index in [1.807, 2.05) is 12.1 Å². The molecule has 1 heterocycles. The Morgan fingerprint density at radius 2 is 2.20 bits per heavy atom. The second-order valence-corrected chi connectivity index (χ2v) is 6.70. The number of nitrogens with one attached hydrogen (secondary N) is 2. The Morgan fingerprint density at radius 3 is 2.84 bits per heavy atom. The third kappa shape index (κ3) is 7.08. The molecule has 142 valence electrons. The summed E-state index contributed by atoms with van der Waals surface area (Å²) >= 11 is 0. The summed E-state index contributed by atoms with van der Waals surface area (Å²) in [7, 11) is 1.77. The Hall–Kier alpha value is -1.53. The van der Waals surface area contributed by atoms with E-state index < -0.39 is 0 Å². The second kappa shape index (κ2) is 11.2. The first-order valence-corrected chi connectivity index (χ1v) is 9.39. The van der Waals surface area contributed by atoms with Crippen LogP contribution in [0.5, 0.6) is 0 Å². The molecule has 1 saturated carbocycles. The highest BCUT2D eigenvalue weighted by Crippen LogP contribution is 2.44. The molecule has 0 amide bonds. The predicted molar refractivity (Wildman–Crippen MR) is 99.7 cm³/mol. The van der Waals surface area contributed by atoms with Crippen LogP contribution in [0.15, 0.2) is 27.8 Å². The maximum atomic E-state index is 5.60. The Bertz CT molecular complexity index is 484. The van der Waals surface area contributed by atoms with Gasteiger partial charge in [0, 0.05) is 40.0 Å². The van der Waals surface area contributed by atoms with Gasteiger partial charge in [0.2, 0.25) is 0 Å². The molecule has 0 aliphatic heterocycles. The average molecular weight is 351 g/mol. The van der Waals surface area contributed by atoms with E-state index in [0.29, 0.717) is 18.6 Å². The fourth-order valence-corrected chi connectivity index (χ4v) is 3.02. The summed E-state index contributed by atoms with van der Waals surface area (Å²) in [5.74, 6) is 1.77. The average Bonchev–Trinajstić information content (AvgIpc) is 3.10. The van der Waals surface area contributed by atoms with Crippen LogP contribution in [-0.4, -0.2) is 45.9 Å². The first kappa shape index (κ1) is 19.8. The van der Waals surface area contributed by atoms with Gasteiger partial charge in [-0.1, -0.05) is 6.42 Å². The van der Waals surface area contributed by atoms with Crippen LogP contribution in [-0.2, 0) is 16.1 Å². The van der Waals surface area contributed by atoms with Gasteiger partial charge in [0.1, 0.15) is 12.4 Å². The van der Waals surface area contributed by atoms with Crippen molar-refractivity contribution in [3.05, 3.63) is 24.2 Å². The minimum absolute atomic E-state index is 0.352. The van der Waals surface area contributed by atoms with Crippen molar-refractivity contribution in [3.8, 4) is 0 Å². The topological polar surface area (TPSA) is 68.0 Å². The lowest BCUT2D eigenvalue weighted by Gasteiger charge is -2.40. The van der Waals surface area contributed by atoms with Crippen molar-refractivity contribution < 1.29 is 13.9 Å². The van der Waals surface area contributed by atoms with Crippen LogP contribution in [0.4, 0.5) is 0 Å². The molecule has 0 spiro atoms. The summed E-state index contributed by atoms with van der Waals surface area (Å²) in [4.78, 5) is 4.80. The molecule has 0 bridgehead atoms. The molecule has 0 unspecified atom stereocenters. The predicted octanol–water partition coefficient (Wildman–Crippen LogP) is 2.95. The number of guanidine groups is 1. The molecule has 1 aliphatic carbocycles. The summed E-state index contributed by atoms with van der Waals surface area (Å²) in [6, 6.07) is 3.80. The van der Waals surface area contributed by atoms with Gasteiger partial charge in [-0.05, 0) is 50.2 Å². The standard InChI is InChI=1S/C19H33N3O3/c1-3-20-18(22-16-19(8-5-9-19)10-14-23-2)21-11-6-12-24-15-17-7-4-13-25-17/h4,7,13H,3,5-6,8-12,14-16H2,1-2H3,(H2,20,21,22). The number of aliphatic imine (C=N–C) groups is 1. The highest BCUT2D eigenvalue weighted by molar-refractivity contribution is 5.79. The SMILES string of the molecule is CCNC(=NCC1(CCOC)CCC1)NCCCOCc1ccco1. The lowest BCUT2D eigenvalue weighted by Crippen LogP contribution is -2.40. The highest BCUT2D eigenvalue weighted by Gasteiger charge is 2.36. The summed E-state index contributed by atoms with van der Waals surface area (Å²) in [5, 5.41) is 6.72. The quantitative estimate of drug-likeness (QED) is 0.344. The Labute approximate surface area is 151 Å². The first-order valence-electron chi connectivity index (χ1n) is 9.39. The van der Waals surface area contributed by atoms with Crippen molar-refractivity contribution in [1.29, 1.82) is 0 Å². The van der Waals surface area contributed by atoms with E-state index in [1.165, 1.54) is 19.3 Å². The second-order valence-electron chi connectivity index (χ2n) is 6.70. The Kier molecular flexibility index (Phi) is 8.83. The molecule has 2 N–H and O–H groups in total. The third-order valence-electron chi connectivity index (χ3n) is 4.75. The molecule has 1 aromatic heterocycles. The van der Waals surface area contributed by atoms with Gasteiger partial charge in [-0.3, -0.25) is 4.99 Å². The van der Waals surface area contributed by atoms with E-state index in [4.69, 9.17) is 18.9 Å². The molecule has 25 heavy (non-hydrogen) atoms. The van der Waals surface area contributed by atoms with E-state index >= 15 is 0 Å². The van der Waals surface area contributed by atoms with Gasteiger partial charge in [-0.15, -0.1) is 0 Å². The fourth-order valence-electron chi connectivity index (χ4n) is 3.02. The van der Waals surface area contributed by atoms with Crippen molar-refractivity contribution >= 4 is 5.96 Å². The number of hydrogen-bond donors (Lipinski definition) is 2. The van der Waals surface area contributed by atoms with Crippen molar-refractivity contribution in [3.63, 3.8) is 0 Å². The van der Waals surface area contributed by atoms with Crippen LogP contribution in [0.25, 0.3) is 0 Å². The molecule has 1 aliphatic rings. The molecule has 0 radical (unpaired) electrons. The first-order chi connectivity index (χ1) is 12.3. The highest BCUT2D eigenvalue weighted by atomic mass is 16.5. The van der Waals surface area contributed by atoms with Crippen molar-refractivity contribution in [2.24, 2.45) is 10.4 Å². The lowest BCUT2D eigenvalue weighted by molar-refractivity contribution is 0.0778. The number of nitrogens with zero attached hydrogens (tertiary/aromatic N) is 1. The normalized spacial score (nSPS) is 16.5. The summed E-state index contributed by atoms with van der Waals surface area (Å²) in [6.07, 6.45) is 7.55. The molecule has 0 saturated heterocycles. The van der Waals surface area contributed by atoms with E-state index in [0.717, 1.165) is 50.8 Å². The zero-order valence-electron chi connectivity index (χ0n) is 15.7. The third-order valence-corrected chi connectivity index (χ3v) is 4.75. The molecule has 1 fully saturated rings. The summed E-state index contributed by atoms with van der Waals surface area (Å²) in [6.45, 7) is 6.73. The van der Waals surface area contributed by atoms with Gasteiger partial charge in [-0.25, -0.2) is 0 Å². The minimum Gasteiger partial charge on any atom is -0.467 e. The smallest absolute Gasteiger partial charge is 0.191 e. The van der Waals surface area contributed by atoms with Crippen molar-refractivity contribution in [2.75, 3.05) is 40.0 Å².